The van der Waals surface area contributed by atoms with Crippen molar-refractivity contribution < 1.29 is 9.53 Å². The van der Waals surface area contributed by atoms with Gasteiger partial charge in [0.1, 0.15) is 0 Å². The molecule has 2 rings (SSSR count). The first-order valence-electron chi connectivity index (χ1n) is 9.66. The van der Waals surface area contributed by atoms with Gasteiger partial charge in [-0.3, -0.25) is 9.79 Å². The number of nitrogens with zero attached hydrogens (tertiary/aromatic N) is 2. The summed E-state index contributed by atoms with van der Waals surface area (Å²) in [5.41, 5.74) is 5.52. The molecule has 2 aliphatic rings. The van der Waals surface area contributed by atoms with Crippen molar-refractivity contribution in [2.24, 2.45) is 28.0 Å². The predicted molar refractivity (Wildman–Crippen MR) is 117 cm³/mol. The first-order chi connectivity index (χ1) is 11.8. The molecule has 7 heteroatoms. The monoisotopic (exact) mass is 480 g/mol. The van der Waals surface area contributed by atoms with Crippen molar-refractivity contribution in [2.45, 2.75) is 59.0 Å². The van der Waals surface area contributed by atoms with E-state index in [0.29, 0.717) is 18.3 Å². The van der Waals surface area contributed by atoms with Crippen LogP contribution in [0.25, 0.3) is 0 Å². The number of piperidine rings is 1. The number of nitrogens with two attached hydrogens (primary N) is 1. The van der Waals surface area contributed by atoms with E-state index >= 15 is 0 Å². The first kappa shape index (κ1) is 23.5. The molecular weight excluding hydrogens is 443 g/mol. The molecule has 0 aliphatic carbocycles. The summed E-state index contributed by atoms with van der Waals surface area (Å²) in [4.78, 5) is 18.0. The summed E-state index contributed by atoms with van der Waals surface area (Å²) in [6.45, 7) is 10.3. The van der Waals surface area contributed by atoms with Gasteiger partial charge in [-0.2, -0.15) is 0 Å². The maximum Gasteiger partial charge on any atom is 0.217 e. The lowest BCUT2D eigenvalue weighted by Gasteiger charge is -2.41. The quantitative estimate of drug-likeness (QED) is 0.369. The standard InChI is InChI=1S/C19H36N4O2.HI/c1-19(2,3)17-15(8-6-10-25-17)12-22-18(21-4)23-9-5-7-14(13-23)11-16(20)24;/h14-15,17H,5-13H2,1-4H3,(H2,20,24)(H,21,22);1H. The average molecular weight is 480 g/mol. The molecule has 0 saturated carbocycles. The molecule has 26 heavy (non-hydrogen) atoms. The van der Waals surface area contributed by atoms with Crippen LogP contribution in [0.15, 0.2) is 4.99 Å². The Morgan fingerprint density at radius 1 is 1.31 bits per heavy atom. The zero-order valence-corrected chi connectivity index (χ0v) is 19.1. The highest BCUT2D eigenvalue weighted by molar-refractivity contribution is 14.0. The smallest absolute Gasteiger partial charge is 0.217 e. The van der Waals surface area contributed by atoms with Crippen molar-refractivity contribution in [2.75, 3.05) is 33.3 Å². The molecule has 3 N–H and O–H groups in total. The minimum atomic E-state index is -0.206. The Kier molecular flexibility index (Phi) is 9.64. The second kappa shape index (κ2) is 10.7. The molecule has 2 aliphatic heterocycles. The Balaban J connectivity index is 0.00000338. The Bertz CT molecular complexity index is 479. The molecule has 3 unspecified atom stereocenters. The number of rotatable bonds is 4. The van der Waals surface area contributed by atoms with Crippen LogP contribution < -0.4 is 11.1 Å². The van der Waals surface area contributed by atoms with Crippen molar-refractivity contribution in [3.63, 3.8) is 0 Å². The molecule has 2 fully saturated rings. The van der Waals surface area contributed by atoms with E-state index in [4.69, 9.17) is 10.5 Å². The molecule has 0 spiro atoms. The molecule has 1 amide bonds. The van der Waals surface area contributed by atoms with E-state index in [1.807, 2.05) is 7.05 Å². The molecule has 3 atom stereocenters. The van der Waals surface area contributed by atoms with Gasteiger partial charge >= 0.3 is 0 Å². The zero-order valence-electron chi connectivity index (χ0n) is 16.8. The highest BCUT2D eigenvalue weighted by Gasteiger charge is 2.35. The maximum absolute atomic E-state index is 11.2. The van der Waals surface area contributed by atoms with Crippen LogP contribution in [0.4, 0.5) is 0 Å². The molecule has 2 heterocycles. The van der Waals surface area contributed by atoms with Crippen molar-refractivity contribution in [1.82, 2.24) is 10.2 Å². The summed E-state index contributed by atoms with van der Waals surface area (Å²) in [6.07, 6.45) is 5.21. The van der Waals surface area contributed by atoms with Crippen molar-refractivity contribution in [1.29, 1.82) is 0 Å². The number of ether oxygens (including phenoxy) is 1. The topological polar surface area (TPSA) is 80.0 Å². The maximum atomic E-state index is 11.2. The van der Waals surface area contributed by atoms with E-state index in [2.05, 4.69) is 36.0 Å². The Labute approximate surface area is 175 Å². The number of carbonyl (C=O) groups is 1. The number of hydrogen-bond acceptors (Lipinski definition) is 3. The molecule has 0 aromatic rings. The molecular formula is C19H37IN4O2. The van der Waals surface area contributed by atoms with Crippen LogP contribution in [0.2, 0.25) is 0 Å². The number of nitrogens with one attached hydrogen (secondary N) is 1. The molecule has 152 valence electrons. The van der Waals surface area contributed by atoms with Crippen LogP contribution in [-0.2, 0) is 9.53 Å². The minimum Gasteiger partial charge on any atom is -0.377 e. The van der Waals surface area contributed by atoms with Crippen LogP contribution >= 0.6 is 24.0 Å². The fourth-order valence-corrected chi connectivity index (χ4v) is 4.27. The van der Waals surface area contributed by atoms with Gasteiger partial charge in [-0.05, 0) is 37.0 Å². The van der Waals surface area contributed by atoms with E-state index < -0.39 is 0 Å². The third kappa shape index (κ3) is 6.87. The highest BCUT2D eigenvalue weighted by atomic mass is 127. The summed E-state index contributed by atoms with van der Waals surface area (Å²) in [7, 11) is 1.83. The van der Waals surface area contributed by atoms with Crippen molar-refractivity contribution in [3.05, 3.63) is 0 Å². The molecule has 0 radical (unpaired) electrons. The van der Waals surface area contributed by atoms with Crippen LogP contribution in [0, 0.1) is 17.3 Å². The number of primary amides is 1. The van der Waals surface area contributed by atoms with Gasteiger partial charge in [-0.1, -0.05) is 20.8 Å². The normalized spacial score (nSPS) is 27.6. The van der Waals surface area contributed by atoms with E-state index in [-0.39, 0.29) is 41.4 Å². The number of halogens is 1. The largest absolute Gasteiger partial charge is 0.377 e. The molecule has 0 aromatic heterocycles. The molecule has 0 aromatic carbocycles. The highest BCUT2D eigenvalue weighted by Crippen LogP contribution is 2.33. The van der Waals surface area contributed by atoms with Gasteiger partial charge < -0.3 is 20.7 Å². The molecule has 0 bridgehead atoms. The zero-order chi connectivity index (χ0) is 18.4. The van der Waals surface area contributed by atoms with Crippen molar-refractivity contribution >= 4 is 35.8 Å². The second-order valence-corrected chi connectivity index (χ2v) is 8.61. The number of carbonyl (C=O) groups excluding carboxylic acids is 1. The SMILES string of the molecule is CN=C(NCC1CCCOC1C(C)(C)C)N1CCCC(CC(N)=O)C1.I. The van der Waals surface area contributed by atoms with Crippen LogP contribution in [0.1, 0.15) is 52.9 Å². The van der Waals surface area contributed by atoms with Crippen LogP contribution in [0.5, 0.6) is 0 Å². The Morgan fingerprint density at radius 3 is 2.65 bits per heavy atom. The predicted octanol–water partition coefficient (Wildman–Crippen LogP) is 2.61. The van der Waals surface area contributed by atoms with Crippen molar-refractivity contribution in [3.8, 4) is 0 Å². The lowest BCUT2D eigenvalue weighted by molar-refractivity contribution is -0.119. The fraction of sp³-hybridized carbons (Fsp3) is 0.895. The number of likely N-dealkylation sites (tertiary alicyclic amines) is 1. The van der Waals surface area contributed by atoms with Gasteiger partial charge in [0.2, 0.25) is 5.91 Å². The number of guanidine groups is 1. The number of amides is 1. The van der Waals surface area contributed by atoms with Gasteiger partial charge in [0.05, 0.1) is 6.10 Å². The van der Waals surface area contributed by atoms with Gasteiger partial charge in [0.25, 0.3) is 0 Å². The fourth-order valence-electron chi connectivity index (χ4n) is 4.27. The van der Waals surface area contributed by atoms with E-state index in [0.717, 1.165) is 51.5 Å². The van der Waals surface area contributed by atoms with E-state index in [1.165, 1.54) is 6.42 Å². The van der Waals surface area contributed by atoms with Gasteiger partial charge in [-0.25, -0.2) is 0 Å². The minimum absolute atomic E-state index is 0. The molecule has 2 saturated heterocycles. The average Bonchev–Trinajstić information content (AvgIpc) is 2.54. The third-order valence-corrected chi connectivity index (χ3v) is 5.34. The van der Waals surface area contributed by atoms with Crippen LogP contribution in [0.3, 0.4) is 0 Å². The Hall–Kier alpha value is -0.570. The summed E-state index contributed by atoms with van der Waals surface area (Å²) < 4.78 is 6.08. The second-order valence-electron chi connectivity index (χ2n) is 8.61. The van der Waals surface area contributed by atoms with E-state index in [9.17, 15) is 4.79 Å². The lowest BCUT2D eigenvalue weighted by atomic mass is 9.78. The summed E-state index contributed by atoms with van der Waals surface area (Å²) in [5.74, 6) is 1.57. The molecule has 6 nitrogen and oxygen atoms in total. The summed E-state index contributed by atoms with van der Waals surface area (Å²) in [5, 5.41) is 3.56. The lowest BCUT2D eigenvalue weighted by Crippen LogP contribution is -2.50. The third-order valence-electron chi connectivity index (χ3n) is 5.34. The van der Waals surface area contributed by atoms with E-state index in [1.54, 1.807) is 0 Å². The Morgan fingerprint density at radius 2 is 2.04 bits per heavy atom. The van der Waals surface area contributed by atoms with Gasteiger partial charge in [-0.15, -0.1) is 24.0 Å². The number of hydrogen-bond donors (Lipinski definition) is 2. The summed E-state index contributed by atoms with van der Waals surface area (Å²) >= 11 is 0. The van der Waals surface area contributed by atoms with Gasteiger partial charge in [0.15, 0.2) is 5.96 Å². The van der Waals surface area contributed by atoms with Gasteiger partial charge in [0, 0.05) is 45.6 Å². The summed E-state index contributed by atoms with van der Waals surface area (Å²) in [6, 6.07) is 0. The first-order valence-corrected chi connectivity index (χ1v) is 9.66. The van der Waals surface area contributed by atoms with Crippen LogP contribution in [-0.4, -0.2) is 56.2 Å². The number of aliphatic imine (C=N–C) groups is 1.